The fourth-order valence-corrected chi connectivity index (χ4v) is 1.16. The van der Waals surface area contributed by atoms with Crippen molar-refractivity contribution in [2.45, 2.75) is 0 Å². The molecule has 0 aliphatic rings. The summed E-state index contributed by atoms with van der Waals surface area (Å²) < 4.78 is 0. The molecule has 56 valence electrons. The average molecular weight is 169 g/mol. The van der Waals surface area contributed by atoms with Crippen LogP contribution in [0.4, 0.5) is 5.82 Å². The van der Waals surface area contributed by atoms with E-state index in [0.29, 0.717) is 22.0 Å². The van der Waals surface area contributed by atoms with Crippen molar-refractivity contribution in [3.05, 3.63) is 17.4 Å². The zero-order chi connectivity index (χ0) is 7.84. The monoisotopic (exact) mass is 168 g/mol. The smallest absolute Gasteiger partial charge is 0.161 e. The molecule has 0 spiro atoms. The van der Waals surface area contributed by atoms with E-state index in [-0.39, 0.29) is 0 Å². The number of rotatable bonds is 0. The molecule has 0 radical (unpaired) electrons. The third kappa shape index (κ3) is 0.914. The number of aromatic amines is 1. The van der Waals surface area contributed by atoms with Crippen molar-refractivity contribution in [1.82, 2.24) is 15.0 Å². The SMILES string of the molecule is Nc1cc(Cl)c2nc[nH]c2n1. The Kier molecular flexibility index (Phi) is 1.22. The van der Waals surface area contributed by atoms with E-state index in [4.69, 9.17) is 17.3 Å². The number of fused-ring (bicyclic) bond motifs is 1. The van der Waals surface area contributed by atoms with E-state index in [0.717, 1.165) is 0 Å². The summed E-state index contributed by atoms with van der Waals surface area (Å²) in [5.74, 6) is 0.395. The number of nitrogens with two attached hydrogens (primary N) is 1. The first-order valence-corrected chi connectivity index (χ1v) is 3.40. The molecule has 0 atom stereocenters. The van der Waals surface area contributed by atoms with Crippen molar-refractivity contribution in [3.8, 4) is 0 Å². The summed E-state index contributed by atoms with van der Waals surface area (Å²) in [7, 11) is 0. The van der Waals surface area contributed by atoms with Gasteiger partial charge in [0.2, 0.25) is 0 Å². The molecule has 11 heavy (non-hydrogen) atoms. The number of anilines is 1. The van der Waals surface area contributed by atoms with Gasteiger partial charge in [-0.15, -0.1) is 0 Å². The number of imidazole rings is 1. The lowest BCUT2D eigenvalue weighted by Crippen LogP contribution is -1.89. The number of halogens is 1. The standard InChI is InChI=1S/C6H5ClN4/c7-3-1-4(8)11-6-5(3)9-2-10-6/h1-2H,(H3,8,9,10,11). The fraction of sp³-hybridized carbons (Fsp3) is 0. The highest BCUT2D eigenvalue weighted by Crippen LogP contribution is 2.20. The Morgan fingerprint density at radius 2 is 2.36 bits per heavy atom. The summed E-state index contributed by atoms with van der Waals surface area (Å²) >= 11 is 5.80. The predicted octanol–water partition coefficient (Wildman–Crippen LogP) is 1.19. The van der Waals surface area contributed by atoms with Gasteiger partial charge in [0, 0.05) is 6.07 Å². The Hall–Kier alpha value is -1.29. The number of hydrogen-bond donors (Lipinski definition) is 2. The number of nitrogens with one attached hydrogen (secondary N) is 1. The first-order chi connectivity index (χ1) is 5.27. The zero-order valence-corrected chi connectivity index (χ0v) is 6.26. The molecule has 5 heteroatoms. The van der Waals surface area contributed by atoms with Crippen LogP contribution in [0.15, 0.2) is 12.4 Å². The van der Waals surface area contributed by atoms with Crippen LogP contribution < -0.4 is 5.73 Å². The summed E-state index contributed by atoms with van der Waals surface area (Å²) in [6.07, 6.45) is 1.53. The van der Waals surface area contributed by atoms with Crippen LogP contribution in [0.25, 0.3) is 11.2 Å². The van der Waals surface area contributed by atoms with Crippen LogP contribution in [-0.4, -0.2) is 15.0 Å². The van der Waals surface area contributed by atoms with Gasteiger partial charge in [-0.1, -0.05) is 11.6 Å². The molecule has 4 nitrogen and oxygen atoms in total. The van der Waals surface area contributed by atoms with Crippen molar-refractivity contribution in [2.24, 2.45) is 0 Å². The number of nitrogen functional groups attached to an aromatic ring is 1. The van der Waals surface area contributed by atoms with Gasteiger partial charge in [0.05, 0.1) is 11.3 Å². The number of nitrogens with zero attached hydrogens (tertiary/aromatic N) is 2. The summed E-state index contributed by atoms with van der Waals surface area (Å²) in [5.41, 5.74) is 6.71. The van der Waals surface area contributed by atoms with Crippen LogP contribution in [0.5, 0.6) is 0 Å². The van der Waals surface area contributed by atoms with E-state index in [1.54, 1.807) is 6.07 Å². The lowest BCUT2D eigenvalue weighted by Gasteiger charge is -1.93. The Morgan fingerprint density at radius 1 is 1.55 bits per heavy atom. The zero-order valence-electron chi connectivity index (χ0n) is 5.50. The minimum atomic E-state index is 0.395. The number of hydrogen-bond acceptors (Lipinski definition) is 3. The highest BCUT2D eigenvalue weighted by molar-refractivity contribution is 6.35. The first kappa shape index (κ1) is 6.42. The van der Waals surface area contributed by atoms with Crippen molar-refractivity contribution in [1.29, 1.82) is 0 Å². The van der Waals surface area contributed by atoms with Crippen molar-refractivity contribution in [3.63, 3.8) is 0 Å². The maximum Gasteiger partial charge on any atom is 0.161 e. The Balaban J connectivity index is 2.91. The minimum Gasteiger partial charge on any atom is -0.384 e. The summed E-state index contributed by atoms with van der Waals surface area (Å²) in [6, 6.07) is 1.57. The molecule has 0 aromatic carbocycles. The maximum absolute atomic E-state index is 5.80. The molecular formula is C6H5ClN4. The van der Waals surface area contributed by atoms with E-state index in [2.05, 4.69) is 15.0 Å². The van der Waals surface area contributed by atoms with E-state index in [9.17, 15) is 0 Å². The van der Waals surface area contributed by atoms with E-state index >= 15 is 0 Å². The third-order valence-corrected chi connectivity index (χ3v) is 1.65. The van der Waals surface area contributed by atoms with E-state index < -0.39 is 0 Å². The van der Waals surface area contributed by atoms with Crippen molar-refractivity contribution >= 4 is 28.6 Å². The highest BCUT2D eigenvalue weighted by atomic mass is 35.5. The second-order valence-corrected chi connectivity index (χ2v) is 2.54. The lowest BCUT2D eigenvalue weighted by atomic mass is 10.4. The average Bonchev–Trinajstić information content (AvgIpc) is 2.34. The molecule has 0 amide bonds. The molecule has 0 fully saturated rings. The lowest BCUT2D eigenvalue weighted by molar-refractivity contribution is 1.31. The van der Waals surface area contributed by atoms with Gasteiger partial charge in [-0.05, 0) is 0 Å². The molecule has 2 aromatic heterocycles. The van der Waals surface area contributed by atoms with Crippen LogP contribution in [0.3, 0.4) is 0 Å². The Morgan fingerprint density at radius 3 is 3.18 bits per heavy atom. The van der Waals surface area contributed by atoms with Gasteiger partial charge in [0.25, 0.3) is 0 Å². The van der Waals surface area contributed by atoms with Gasteiger partial charge in [-0.3, -0.25) is 0 Å². The molecule has 2 rings (SSSR count). The van der Waals surface area contributed by atoms with Crippen LogP contribution in [0, 0.1) is 0 Å². The molecule has 3 N–H and O–H groups in total. The third-order valence-electron chi connectivity index (χ3n) is 1.36. The van der Waals surface area contributed by atoms with Gasteiger partial charge in [-0.25, -0.2) is 9.97 Å². The van der Waals surface area contributed by atoms with E-state index in [1.165, 1.54) is 6.33 Å². The number of aromatic nitrogens is 3. The Bertz CT molecular complexity index is 394. The largest absolute Gasteiger partial charge is 0.384 e. The summed E-state index contributed by atoms with van der Waals surface area (Å²) in [4.78, 5) is 10.7. The molecule has 2 heterocycles. The second-order valence-electron chi connectivity index (χ2n) is 2.13. The minimum absolute atomic E-state index is 0.395. The van der Waals surface area contributed by atoms with Gasteiger partial charge < -0.3 is 10.7 Å². The molecule has 0 unspecified atom stereocenters. The topological polar surface area (TPSA) is 67.6 Å². The number of H-pyrrole nitrogens is 1. The Labute approximate surface area is 67.4 Å². The van der Waals surface area contributed by atoms with Gasteiger partial charge in [0.15, 0.2) is 5.65 Å². The summed E-state index contributed by atoms with van der Waals surface area (Å²) in [6.45, 7) is 0. The molecule has 0 saturated carbocycles. The molecule has 0 bridgehead atoms. The van der Waals surface area contributed by atoms with Gasteiger partial charge >= 0.3 is 0 Å². The van der Waals surface area contributed by atoms with Crippen LogP contribution in [0.1, 0.15) is 0 Å². The molecule has 0 saturated heterocycles. The highest BCUT2D eigenvalue weighted by Gasteiger charge is 2.02. The molecule has 2 aromatic rings. The predicted molar refractivity (Wildman–Crippen MR) is 43.3 cm³/mol. The van der Waals surface area contributed by atoms with Crippen LogP contribution in [0.2, 0.25) is 5.02 Å². The molecule has 0 aliphatic carbocycles. The van der Waals surface area contributed by atoms with Crippen molar-refractivity contribution < 1.29 is 0 Å². The van der Waals surface area contributed by atoms with E-state index in [1.807, 2.05) is 0 Å². The quantitative estimate of drug-likeness (QED) is 0.621. The summed E-state index contributed by atoms with van der Waals surface area (Å²) in [5, 5.41) is 0.522. The second kappa shape index (κ2) is 2.10. The van der Waals surface area contributed by atoms with Crippen LogP contribution >= 0.6 is 11.6 Å². The fourth-order valence-electron chi connectivity index (χ4n) is 0.907. The van der Waals surface area contributed by atoms with Crippen LogP contribution in [-0.2, 0) is 0 Å². The van der Waals surface area contributed by atoms with Gasteiger partial charge in [0.1, 0.15) is 11.3 Å². The molecule has 0 aliphatic heterocycles. The first-order valence-electron chi connectivity index (χ1n) is 3.02. The molecular weight excluding hydrogens is 164 g/mol. The normalized spacial score (nSPS) is 10.6. The maximum atomic E-state index is 5.80. The van der Waals surface area contributed by atoms with Crippen molar-refractivity contribution in [2.75, 3.05) is 5.73 Å². The van der Waals surface area contributed by atoms with Gasteiger partial charge in [-0.2, -0.15) is 0 Å². The number of pyridine rings is 1.